The maximum atomic E-state index is 12.7. The van der Waals surface area contributed by atoms with Gasteiger partial charge in [0.2, 0.25) is 10.0 Å². The van der Waals surface area contributed by atoms with E-state index < -0.39 is 15.9 Å². The summed E-state index contributed by atoms with van der Waals surface area (Å²) in [6.45, 7) is 0. The smallest absolute Gasteiger partial charge is 0.255 e. The van der Waals surface area contributed by atoms with Gasteiger partial charge in [-0.1, -0.05) is 6.07 Å². The summed E-state index contributed by atoms with van der Waals surface area (Å²) in [4.78, 5) is 17.0. The number of rotatable bonds is 6. The maximum Gasteiger partial charge on any atom is 0.255 e. The van der Waals surface area contributed by atoms with Crippen LogP contribution in [0.3, 0.4) is 0 Å². The standard InChI is InChI=1S/C18H17N5O3S/c24-18(21-16-6-2-9-19-17(16)23-11-3-10-20-23)13-4-1-5-15(12-13)27(25,26)22-14-7-8-14/h1-6,9-12,14,22H,7-8H2,(H,21,24). The zero-order chi connectivity index (χ0) is 18.9. The number of sulfonamides is 1. The number of hydrogen-bond acceptors (Lipinski definition) is 5. The molecule has 1 aliphatic rings. The highest BCUT2D eigenvalue weighted by atomic mass is 32.2. The number of carbonyl (C=O) groups excluding carboxylic acids is 1. The van der Waals surface area contributed by atoms with Crippen LogP contribution in [0.2, 0.25) is 0 Å². The third-order valence-electron chi connectivity index (χ3n) is 4.06. The molecule has 2 N–H and O–H groups in total. The number of aromatic nitrogens is 3. The van der Waals surface area contributed by atoms with Crippen LogP contribution < -0.4 is 10.0 Å². The predicted octanol–water partition coefficient (Wildman–Crippen LogP) is 1.96. The third kappa shape index (κ3) is 3.88. The minimum Gasteiger partial charge on any atom is -0.319 e. The lowest BCUT2D eigenvalue weighted by Crippen LogP contribution is -2.26. The fourth-order valence-electron chi connectivity index (χ4n) is 2.56. The van der Waals surface area contributed by atoms with Crippen LogP contribution in [0.25, 0.3) is 5.82 Å². The van der Waals surface area contributed by atoms with E-state index >= 15 is 0 Å². The molecule has 2 aromatic heterocycles. The highest BCUT2D eigenvalue weighted by molar-refractivity contribution is 7.89. The van der Waals surface area contributed by atoms with E-state index in [1.165, 1.54) is 16.8 Å². The Kier molecular flexibility index (Phi) is 4.46. The number of benzene rings is 1. The molecule has 0 atom stereocenters. The van der Waals surface area contributed by atoms with Crippen LogP contribution in [-0.2, 0) is 10.0 Å². The van der Waals surface area contributed by atoms with Crippen LogP contribution in [0.15, 0.2) is 66.0 Å². The average molecular weight is 383 g/mol. The summed E-state index contributed by atoms with van der Waals surface area (Å²) in [7, 11) is -3.63. The molecule has 0 unspecified atom stereocenters. The Morgan fingerprint density at radius 1 is 1.11 bits per heavy atom. The Labute approximate surface area is 156 Å². The Hall–Kier alpha value is -3.04. The van der Waals surface area contributed by atoms with E-state index in [-0.39, 0.29) is 16.5 Å². The minimum absolute atomic E-state index is 0.000459. The Balaban J connectivity index is 1.59. The molecule has 0 spiro atoms. The first-order chi connectivity index (χ1) is 13.0. The highest BCUT2D eigenvalue weighted by Gasteiger charge is 2.28. The van der Waals surface area contributed by atoms with E-state index in [4.69, 9.17) is 0 Å². The molecule has 1 amide bonds. The molecule has 9 heteroatoms. The number of carbonyl (C=O) groups is 1. The van der Waals surface area contributed by atoms with E-state index in [1.807, 2.05) is 0 Å². The van der Waals surface area contributed by atoms with Crippen molar-refractivity contribution in [2.45, 2.75) is 23.8 Å². The number of pyridine rings is 1. The fourth-order valence-corrected chi connectivity index (χ4v) is 3.91. The first kappa shape index (κ1) is 17.4. The van der Waals surface area contributed by atoms with Gasteiger partial charge in [0.05, 0.1) is 10.6 Å². The van der Waals surface area contributed by atoms with Crippen molar-refractivity contribution in [3.05, 3.63) is 66.6 Å². The Morgan fingerprint density at radius 3 is 2.70 bits per heavy atom. The van der Waals surface area contributed by atoms with Crippen molar-refractivity contribution in [3.8, 4) is 5.82 Å². The molecule has 0 aliphatic heterocycles. The summed E-state index contributed by atoms with van der Waals surface area (Å²) in [5.74, 6) is 0.0369. The zero-order valence-corrected chi connectivity index (χ0v) is 15.1. The van der Waals surface area contributed by atoms with Crippen LogP contribution in [0.1, 0.15) is 23.2 Å². The minimum atomic E-state index is -3.63. The van der Waals surface area contributed by atoms with Crippen LogP contribution in [0.4, 0.5) is 5.69 Å². The number of hydrogen-bond donors (Lipinski definition) is 2. The van der Waals surface area contributed by atoms with Gasteiger partial charge < -0.3 is 5.32 Å². The van der Waals surface area contributed by atoms with E-state index in [0.29, 0.717) is 11.5 Å². The molecular weight excluding hydrogens is 366 g/mol. The zero-order valence-electron chi connectivity index (χ0n) is 14.2. The van der Waals surface area contributed by atoms with Gasteiger partial charge in [-0.15, -0.1) is 0 Å². The Bertz CT molecular complexity index is 1080. The molecule has 0 saturated heterocycles. The van der Waals surface area contributed by atoms with Gasteiger partial charge in [0.1, 0.15) is 0 Å². The van der Waals surface area contributed by atoms with Gasteiger partial charge in [-0.2, -0.15) is 5.10 Å². The van der Waals surface area contributed by atoms with Gasteiger partial charge >= 0.3 is 0 Å². The average Bonchev–Trinajstić information content (AvgIpc) is 3.30. The summed E-state index contributed by atoms with van der Waals surface area (Å²) in [5, 5.41) is 6.89. The molecule has 0 bridgehead atoms. The Morgan fingerprint density at radius 2 is 1.96 bits per heavy atom. The van der Waals surface area contributed by atoms with Gasteiger partial charge in [0.15, 0.2) is 5.82 Å². The van der Waals surface area contributed by atoms with Crippen molar-refractivity contribution in [2.24, 2.45) is 0 Å². The van der Waals surface area contributed by atoms with E-state index in [1.54, 1.807) is 48.9 Å². The van der Waals surface area contributed by atoms with Crippen molar-refractivity contribution in [1.82, 2.24) is 19.5 Å². The van der Waals surface area contributed by atoms with E-state index in [0.717, 1.165) is 12.8 Å². The summed E-state index contributed by atoms with van der Waals surface area (Å²) in [6, 6.07) is 11.1. The molecular formula is C18H17N5O3S. The second kappa shape index (κ2) is 6.93. The van der Waals surface area contributed by atoms with Crippen molar-refractivity contribution in [2.75, 3.05) is 5.32 Å². The summed E-state index contributed by atoms with van der Waals surface area (Å²) in [5.41, 5.74) is 0.708. The van der Waals surface area contributed by atoms with E-state index in [9.17, 15) is 13.2 Å². The molecule has 4 rings (SSSR count). The number of anilines is 1. The number of amides is 1. The van der Waals surface area contributed by atoms with Crippen LogP contribution in [0.5, 0.6) is 0 Å². The molecule has 3 aromatic rings. The molecule has 1 aliphatic carbocycles. The molecule has 2 heterocycles. The lowest BCUT2D eigenvalue weighted by Gasteiger charge is -2.11. The normalized spacial score (nSPS) is 14.1. The van der Waals surface area contributed by atoms with Gasteiger partial charge in [-0.05, 0) is 49.2 Å². The highest BCUT2D eigenvalue weighted by Crippen LogP contribution is 2.23. The lowest BCUT2D eigenvalue weighted by molar-refractivity contribution is 0.102. The summed E-state index contributed by atoms with van der Waals surface area (Å²) in [6.07, 6.45) is 6.62. The number of nitrogens with one attached hydrogen (secondary N) is 2. The van der Waals surface area contributed by atoms with Crippen molar-refractivity contribution < 1.29 is 13.2 Å². The first-order valence-electron chi connectivity index (χ1n) is 8.42. The van der Waals surface area contributed by atoms with Crippen LogP contribution in [-0.4, -0.2) is 35.1 Å². The summed E-state index contributed by atoms with van der Waals surface area (Å²) < 4.78 is 28.9. The van der Waals surface area contributed by atoms with Gasteiger partial charge in [0, 0.05) is 30.2 Å². The lowest BCUT2D eigenvalue weighted by atomic mass is 10.2. The SMILES string of the molecule is O=C(Nc1cccnc1-n1cccn1)c1cccc(S(=O)(=O)NC2CC2)c1. The molecule has 1 fully saturated rings. The van der Waals surface area contributed by atoms with Crippen LogP contribution in [0, 0.1) is 0 Å². The molecule has 1 aromatic carbocycles. The van der Waals surface area contributed by atoms with E-state index in [2.05, 4.69) is 20.1 Å². The maximum absolute atomic E-state index is 12.7. The molecule has 138 valence electrons. The largest absolute Gasteiger partial charge is 0.319 e. The van der Waals surface area contributed by atoms with Crippen LogP contribution >= 0.6 is 0 Å². The fraction of sp³-hybridized carbons (Fsp3) is 0.167. The second-order valence-corrected chi connectivity index (χ2v) is 7.92. The van der Waals surface area contributed by atoms with Gasteiger partial charge in [-0.25, -0.2) is 22.8 Å². The molecule has 8 nitrogen and oxygen atoms in total. The molecule has 27 heavy (non-hydrogen) atoms. The van der Waals surface area contributed by atoms with Crippen molar-refractivity contribution >= 4 is 21.6 Å². The molecule has 1 saturated carbocycles. The number of nitrogens with zero attached hydrogens (tertiary/aromatic N) is 3. The topological polar surface area (TPSA) is 106 Å². The predicted molar refractivity (Wildman–Crippen MR) is 99.1 cm³/mol. The van der Waals surface area contributed by atoms with Crippen molar-refractivity contribution in [1.29, 1.82) is 0 Å². The first-order valence-corrected chi connectivity index (χ1v) is 9.90. The van der Waals surface area contributed by atoms with Gasteiger partial charge in [0.25, 0.3) is 5.91 Å². The molecule has 0 radical (unpaired) electrons. The summed E-state index contributed by atoms with van der Waals surface area (Å²) >= 11 is 0. The monoisotopic (exact) mass is 383 g/mol. The third-order valence-corrected chi connectivity index (χ3v) is 5.58. The second-order valence-electron chi connectivity index (χ2n) is 6.20. The quantitative estimate of drug-likeness (QED) is 0.677. The van der Waals surface area contributed by atoms with Gasteiger partial charge in [-0.3, -0.25) is 4.79 Å². The van der Waals surface area contributed by atoms with Crippen molar-refractivity contribution in [3.63, 3.8) is 0 Å².